The lowest BCUT2D eigenvalue weighted by atomic mass is 10.0. The van der Waals surface area contributed by atoms with Crippen molar-refractivity contribution < 1.29 is 14.6 Å². The molecule has 0 heterocycles. The van der Waals surface area contributed by atoms with Crippen LogP contribution in [0.5, 0.6) is 5.75 Å². The summed E-state index contributed by atoms with van der Waals surface area (Å²) in [6.07, 6.45) is 1.63. The number of hydrogen-bond donors (Lipinski definition) is 1. The molecule has 0 fully saturated rings. The van der Waals surface area contributed by atoms with Crippen LogP contribution >= 0.6 is 0 Å². The van der Waals surface area contributed by atoms with Gasteiger partial charge in [0.2, 0.25) is 0 Å². The van der Waals surface area contributed by atoms with Crippen LogP contribution in [-0.4, -0.2) is 24.4 Å². The average Bonchev–Trinajstić information content (AvgIpc) is 2.60. The van der Waals surface area contributed by atoms with Crippen molar-refractivity contribution in [2.75, 3.05) is 7.11 Å². The van der Waals surface area contributed by atoms with Crippen molar-refractivity contribution in [1.29, 1.82) is 0 Å². The Bertz CT molecular complexity index is 883. The molecule has 0 saturated heterocycles. The third-order valence-electron chi connectivity index (χ3n) is 3.58. The molecule has 0 radical (unpaired) electrons. The summed E-state index contributed by atoms with van der Waals surface area (Å²) in [6, 6.07) is 18.1. The zero-order valence-electron chi connectivity index (χ0n) is 12.6. The Balaban J connectivity index is 1.94. The van der Waals surface area contributed by atoms with Gasteiger partial charge >= 0.3 is 5.97 Å². The first-order chi connectivity index (χ1) is 11.2. The molecular formula is C19H15NO3. The molecule has 0 atom stereocenters. The first kappa shape index (κ1) is 14.8. The van der Waals surface area contributed by atoms with E-state index in [2.05, 4.69) is 9.73 Å². The maximum absolute atomic E-state index is 11.4. The van der Waals surface area contributed by atoms with E-state index in [1.165, 1.54) is 7.11 Å². The average molecular weight is 305 g/mol. The Hall–Kier alpha value is -3.14. The SMILES string of the molecule is COC(=O)c1ccc(N=Cc2c(O)ccc3ccccc23)cc1. The number of phenols is 1. The van der Waals surface area contributed by atoms with Gasteiger partial charge in [0.05, 0.1) is 18.4 Å². The van der Waals surface area contributed by atoms with E-state index in [-0.39, 0.29) is 11.7 Å². The van der Waals surface area contributed by atoms with Crippen LogP contribution in [0.15, 0.2) is 65.7 Å². The van der Waals surface area contributed by atoms with Crippen LogP contribution in [0, 0.1) is 0 Å². The molecule has 0 saturated carbocycles. The number of rotatable bonds is 3. The summed E-state index contributed by atoms with van der Waals surface area (Å²) in [5.74, 6) is -0.203. The fraction of sp³-hybridized carbons (Fsp3) is 0.0526. The van der Waals surface area contributed by atoms with Gasteiger partial charge in [-0.1, -0.05) is 30.3 Å². The molecule has 3 rings (SSSR count). The van der Waals surface area contributed by atoms with E-state index in [1.807, 2.05) is 30.3 Å². The van der Waals surface area contributed by atoms with Gasteiger partial charge in [0.1, 0.15) is 5.75 Å². The van der Waals surface area contributed by atoms with Crippen molar-refractivity contribution in [3.63, 3.8) is 0 Å². The number of carbonyl (C=O) groups is 1. The van der Waals surface area contributed by atoms with E-state index in [0.717, 1.165) is 10.8 Å². The predicted molar refractivity (Wildman–Crippen MR) is 90.6 cm³/mol. The highest BCUT2D eigenvalue weighted by atomic mass is 16.5. The zero-order chi connectivity index (χ0) is 16.2. The lowest BCUT2D eigenvalue weighted by Crippen LogP contribution is -1.99. The third kappa shape index (κ3) is 3.06. The number of fused-ring (bicyclic) bond motifs is 1. The number of esters is 1. The topological polar surface area (TPSA) is 58.9 Å². The number of nitrogens with zero attached hydrogens (tertiary/aromatic N) is 1. The second-order valence-corrected chi connectivity index (χ2v) is 5.02. The summed E-state index contributed by atoms with van der Waals surface area (Å²) in [7, 11) is 1.34. The number of methoxy groups -OCH3 is 1. The summed E-state index contributed by atoms with van der Waals surface area (Å²) in [5.41, 5.74) is 1.82. The minimum Gasteiger partial charge on any atom is -0.507 e. The molecule has 0 aliphatic rings. The molecule has 0 unspecified atom stereocenters. The normalized spacial score (nSPS) is 11.0. The maximum Gasteiger partial charge on any atom is 0.337 e. The largest absolute Gasteiger partial charge is 0.507 e. The van der Waals surface area contributed by atoms with Gasteiger partial charge in [-0.05, 0) is 41.1 Å². The number of benzene rings is 3. The Morgan fingerprint density at radius 1 is 1.04 bits per heavy atom. The molecule has 114 valence electrons. The van der Waals surface area contributed by atoms with Gasteiger partial charge in [-0.3, -0.25) is 4.99 Å². The molecule has 23 heavy (non-hydrogen) atoms. The van der Waals surface area contributed by atoms with Crippen LogP contribution in [0.1, 0.15) is 15.9 Å². The van der Waals surface area contributed by atoms with Gasteiger partial charge in [0.25, 0.3) is 0 Å². The summed E-state index contributed by atoms with van der Waals surface area (Å²) < 4.78 is 4.66. The second kappa shape index (κ2) is 6.32. The highest BCUT2D eigenvalue weighted by Crippen LogP contribution is 2.26. The second-order valence-electron chi connectivity index (χ2n) is 5.02. The molecule has 0 amide bonds. The molecule has 3 aromatic rings. The minimum absolute atomic E-state index is 0.179. The fourth-order valence-corrected chi connectivity index (χ4v) is 2.36. The van der Waals surface area contributed by atoms with Crippen LogP contribution in [0.25, 0.3) is 10.8 Å². The summed E-state index contributed by atoms with van der Waals surface area (Å²) in [5, 5.41) is 12.1. The molecule has 3 aromatic carbocycles. The van der Waals surface area contributed by atoms with Crippen molar-refractivity contribution in [3.05, 3.63) is 71.8 Å². The molecular weight excluding hydrogens is 290 g/mol. The first-order valence-electron chi connectivity index (χ1n) is 7.12. The predicted octanol–water partition coefficient (Wildman–Crippen LogP) is 4.08. The van der Waals surface area contributed by atoms with E-state index in [4.69, 9.17) is 0 Å². The van der Waals surface area contributed by atoms with Gasteiger partial charge in [-0.15, -0.1) is 0 Å². The van der Waals surface area contributed by atoms with E-state index in [1.54, 1.807) is 36.5 Å². The van der Waals surface area contributed by atoms with Gasteiger partial charge in [-0.2, -0.15) is 0 Å². The van der Waals surface area contributed by atoms with Crippen LogP contribution in [0.2, 0.25) is 0 Å². The number of carbonyl (C=O) groups excluding carboxylic acids is 1. The summed E-state index contributed by atoms with van der Waals surface area (Å²) in [6.45, 7) is 0. The Morgan fingerprint density at radius 3 is 2.52 bits per heavy atom. The lowest BCUT2D eigenvalue weighted by molar-refractivity contribution is 0.0601. The van der Waals surface area contributed by atoms with Gasteiger partial charge in [0.15, 0.2) is 0 Å². The van der Waals surface area contributed by atoms with Gasteiger partial charge < -0.3 is 9.84 Å². The standard InChI is InChI=1S/C19H15NO3/c1-23-19(22)14-6-9-15(10-7-14)20-12-17-16-5-3-2-4-13(16)8-11-18(17)21/h2-12,21H,1H3. The Kier molecular flexibility index (Phi) is 4.06. The molecule has 1 N–H and O–H groups in total. The molecule has 0 spiro atoms. The van der Waals surface area contributed by atoms with Crippen molar-refractivity contribution >= 4 is 28.6 Å². The Morgan fingerprint density at radius 2 is 1.78 bits per heavy atom. The third-order valence-corrected chi connectivity index (χ3v) is 3.58. The molecule has 0 aromatic heterocycles. The van der Waals surface area contributed by atoms with Crippen LogP contribution < -0.4 is 0 Å². The van der Waals surface area contributed by atoms with Gasteiger partial charge in [0, 0.05) is 11.8 Å². The molecule has 4 heteroatoms. The van der Waals surface area contributed by atoms with Crippen molar-refractivity contribution in [3.8, 4) is 5.75 Å². The molecule has 0 aliphatic heterocycles. The van der Waals surface area contributed by atoms with Crippen LogP contribution in [0.3, 0.4) is 0 Å². The monoisotopic (exact) mass is 305 g/mol. The summed E-state index contributed by atoms with van der Waals surface area (Å²) in [4.78, 5) is 15.8. The minimum atomic E-state index is -0.382. The number of phenolic OH excluding ortho intramolecular Hbond substituents is 1. The van der Waals surface area contributed by atoms with Crippen LogP contribution in [-0.2, 0) is 4.74 Å². The van der Waals surface area contributed by atoms with Gasteiger partial charge in [-0.25, -0.2) is 4.79 Å². The van der Waals surface area contributed by atoms with E-state index >= 15 is 0 Å². The molecule has 0 aliphatic carbocycles. The highest BCUT2D eigenvalue weighted by molar-refractivity contribution is 6.03. The number of aliphatic imine (C=N–C) groups is 1. The van der Waals surface area contributed by atoms with Crippen molar-refractivity contribution in [2.24, 2.45) is 4.99 Å². The maximum atomic E-state index is 11.4. The number of aromatic hydroxyl groups is 1. The molecule has 0 bridgehead atoms. The lowest BCUT2D eigenvalue weighted by Gasteiger charge is -2.04. The smallest absolute Gasteiger partial charge is 0.337 e. The van der Waals surface area contributed by atoms with Crippen molar-refractivity contribution in [1.82, 2.24) is 0 Å². The quantitative estimate of drug-likeness (QED) is 0.586. The first-order valence-corrected chi connectivity index (χ1v) is 7.12. The van der Waals surface area contributed by atoms with E-state index < -0.39 is 0 Å². The van der Waals surface area contributed by atoms with Crippen LogP contribution in [0.4, 0.5) is 5.69 Å². The van der Waals surface area contributed by atoms with Crippen molar-refractivity contribution in [2.45, 2.75) is 0 Å². The van der Waals surface area contributed by atoms with E-state index in [9.17, 15) is 9.90 Å². The molecule has 4 nitrogen and oxygen atoms in total. The van der Waals surface area contributed by atoms with E-state index in [0.29, 0.717) is 16.8 Å². The zero-order valence-corrected chi connectivity index (χ0v) is 12.6. The number of ether oxygens (including phenoxy) is 1. The number of hydrogen-bond acceptors (Lipinski definition) is 4. The fourth-order valence-electron chi connectivity index (χ4n) is 2.36. The Labute approximate surface area is 133 Å². The summed E-state index contributed by atoms with van der Waals surface area (Å²) >= 11 is 0. The highest BCUT2D eigenvalue weighted by Gasteiger charge is 2.05.